The second-order valence-corrected chi connectivity index (χ2v) is 5.29. The molecule has 0 bridgehead atoms. The van der Waals surface area contributed by atoms with Gasteiger partial charge in [-0.05, 0) is 18.6 Å². The van der Waals surface area contributed by atoms with E-state index in [1.165, 1.54) is 11.3 Å². The summed E-state index contributed by atoms with van der Waals surface area (Å²) < 4.78 is 1.07. The maximum Gasteiger partial charge on any atom is 0.335 e. The minimum atomic E-state index is -0.241. The summed E-state index contributed by atoms with van der Waals surface area (Å²) >= 11 is 1.47. The van der Waals surface area contributed by atoms with Gasteiger partial charge in [0.25, 0.3) is 0 Å². The number of anilines is 1. The summed E-state index contributed by atoms with van der Waals surface area (Å²) in [7, 11) is 0. The molecule has 0 radical (unpaired) electrons. The van der Waals surface area contributed by atoms with Crippen LogP contribution in [0.25, 0.3) is 10.2 Å². The van der Waals surface area contributed by atoms with Crippen molar-refractivity contribution in [2.24, 2.45) is 0 Å². The van der Waals surface area contributed by atoms with Gasteiger partial charge in [-0.25, -0.2) is 14.8 Å². The molecule has 0 atom stereocenters. The summed E-state index contributed by atoms with van der Waals surface area (Å²) in [5, 5.41) is 5.26. The van der Waals surface area contributed by atoms with Crippen LogP contribution in [-0.4, -0.2) is 29.1 Å². The van der Waals surface area contributed by atoms with E-state index in [-0.39, 0.29) is 6.03 Å². The molecule has 2 heterocycles. The molecule has 0 spiro atoms. The van der Waals surface area contributed by atoms with Crippen molar-refractivity contribution in [3.05, 3.63) is 36.4 Å². The first-order chi connectivity index (χ1) is 9.31. The van der Waals surface area contributed by atoms with Crippen LogP contribution in [0.15, 0.2) is 36.4 Å². The zero-order valence-electron chi connectivity index (χ0n) is 10.3. The third-order valence-electron chi connectivity index (χ3n) is 2.83. The number of hydrogen-bond acceptors (Lipinski definition) is 4. The smallest absolute Gasteiger partial charge is 0.282 e. The molecular formula is C13H14N4OS. The summed E-state index contributed by atoms with van der Waals surface area (Å²) in [6.07, 6.45) is 5.12. The Morgan fingerprint density at radius 3 is 3.00 bits per heavy atom. The van der Waals surface area contributed by atoms with E-state index in [2.05, 4.69) is 21.8 Å². The zero-order chi connectivity index (χ0) is 13.1. The molecule has 0 fully saturated rings. The number of carbonyl (C=O) groups is 1. The Bertz CT molecular complexity index is 589. The molecule has 1 aliphatic heterocycles. The van der Waals surface area contributed by atoms with Crippen molar-refractivity contribution in [1.29, 1.82) is 0 Å². The second kappa shape index (κ2) is 5.38. The summed E-state index contributed by atoms with van der Waals surface area (Å²) in [6.45, 7) is 1.58. The Kier molecular flexibility index (Phi) is 3.43. The maximum absolute atomic E-state index is 11.8. The molecule has 0 unspecified atom stereocenters. The molecule has 2 amide bonds. The molecule has 5 nitrogen and oxygen atoms in total. The number of fused-ring (bicyclic) bond motifs is 1. The molecule has 0 aliphatic carbocycles. The molecule has 98 valence electrons. The van der Waals surface area contributed by atoms with Gasteiger partial charge in [-0.2, -0.15) is 0 Å². The monoisotopic (exact) mass is 274 g/mol. The maximum atomic E-state index is 11.8. The number of thiazole rings is 1. The van der Waals surface area contributed by atoms with Gasteiger partial charge in [-0.1, -0.05) is 35.6 Å². The molecule has 0 saturated heterocycles. The predicted octanol–water partition coefficient (Wildman–Crippen LogP) is 2.59. The van der Waals surface area contributed by atoms with Crippen LogP contribution in [0.3, 0.4) is 0 Å². The molecule has 2 aromatic rings. The van der Waals surface area contributed by atoms with E-state index in [9.17, 15) is 4.79 Å². The Hall–Kier alpha value is -1.92. The first-order valence-corrected chi connectivity index (χ1v) is 6.96. The number of rotatable bonds is 2. The summed E-state index contributed by atoms with van der Waals surface area (Å²) in [4.78, 5) is 16.2. The van der Waals surface area contributed by atoms with Gasteiger partial charge >= 0.3 is 6.03 Å². The predicted molar refractivity (Wildman–Crippen MR) is 77.1 cm³/mol. The van der Waals surface area contributed by atoms with Crippen molar-refractivity contribution in [2.75, 3.05) is 18.4 Å². The molecular weight excluding hydrogens is 260 g/mol. The van der Waals surface area contributed by atoms with E-state index < -0.39 is 0 Å². The van der Waals surface area contributed by atoms with Gasteiger partial charge < -0.3 is 0 Å². The van der Waals surface area contributed by atoms with Crippen LogP contribution in [0.4, 0.5) is 9.93 Å². The van der Waals surface area contributed by atoms with Gasteiger partial charge in [-0.15, -0.1) is 0 Å². The standard InChI is InChI=1S/C13H14N4OS/c18-12(16-17-8-4-1-5-9-17)15-13-14-10-6-2-3-7-11(10)19-13/h1-4,6-7H,5,8-9H2,(H2,14,15,16,18). The van der Waals surface area contributed by atoms with E-state index in [1.54, 1.807) is 0 Å². The summed E-state index contributed by atoms with van der Waals surface area (Å²) in [5.74, 6) is 0. The quantitative estimate of drug-likeness (QED) is 0.828. The highest BCUT2D eigenvalue weighted by Crippen LogP contribution is 2.25. The fraction of sp³-hybridized carbons (Fsp3) is 0.231. The summed E-state index contributed by atoms with van der Waals surface area (Å²) in [5.41, 5.74) is 3.72. The van der Waals surface area contributed by atoms with Crippen molar-refractivity contribution < 1.29 is 4.79 Å². The van der Waals surface area contributed by atoms with Crippen LogP contribution in [0.2, 0.25) is 0 Å². The number of carbonyl (C=O) groups excluding carboxylic acids is 1. The first-order valence-electron chi connectivity index (χ1n) is 6.14. The van der Waals surface area contributed by atoms with E-state index >= 15 is 0 Å². The molecule has 0 saturated carbocycles. The fourth-order valence-corrected chi connectivity index (χ4v) is 2.80. The van der Waals surface area contributed by atoms with E-state index in [0.717, 1.165) is 29.7 Å². The Balaban J connectivity index is 1.63. The molecule has 2 N–H and O–H groups in total. The number of hydrazine groups is 1. The molecule has 1 aliphatic rings. The van der Waals surface area contributed by atoms with Crippen molar-refractivity contribution in [2.45, 2.75) is 6.42 Å². The highest BCUT2D eigenvalue weighted by molar-refractivity contribution is 7.22. The Labute approximate surface area is 114 Å². The first kappa shape index (κ1) is 12.1. The molecule has 19 heavy (non-hydrogen) atoms. The SMILES string of the molecule is O=C(Nc1nc2ccccc2s1)NN1CC=CCC1. The highest BCUT2D eigenvalue weighted by Gasteiger charge is 2.11. The van der Waals surface area contributed by atoms with Crippen LogP contribution in [0.1, 0.15) is 6.42 Å². The Morgan fingerprint density at radius 2 is 2.21 bits per heavy atom. The average Bonchev–Trinajstić information content (AvgIpc) is 2.81. The van der Waals surface area contributed by atoms with Crippen molar-refractivity contribution in [3.8, 4) is 0 Å². The van der Waals surface area contributed by atoms with E-state index in [0.29, 0.717) is 5.13 Å². The minimum absolute atomic E-state index is 0.241. The molecule has 1 aromatic heterocycles. The van der Waals surface area contributed by atoms with Crippen molar-refractivity contribution in [1.82, 2.24) is 15.4 Å². The molecule has 6 heteroatoms. The second-order valence-electron chi connectivity index (χ2n) is 4.26. The van der Waals surface area contributed by atoms with Gasteiger partial charge in [0.05, 0.1) is 10.2 Å². The largest absolute Gasteiger partial charge is 0.335 e. The lowest BCUT2D eigenvalue weighted by atomic mass is 10.3. The van der Waals surface area contributed by atoms with Crippen molar-refractivity contribution in [3.63, 3.8) is 0 Å². The number of nitrogens with one attached hydrogen (secondary N) is 2. The van der Waals surface area contributed by atoms with Gasteiger partial charge in [0.15, 0.2) is 5.13 Å². The number of urea groups is 1. The molecule has 1 aromatic carbocycles. The summed E-state index contributed by atoms with van der Waals surface area (Å²) in [6, 6.07) is 7.58. The number of nitrogens with zero attached hydrogens (tertiary/aromatic N) is 2. The number of hydrogen-bond donors (Lipinski definition) is 2. The zero-order valence-corrected chi connectivity index (χ0v) is 11.1. The normalized spacial score (nSPS) is 15.6. The van der Waals surface area contributed by atoms with Crippen LogP contribution < -0.4 is 10.7 Å². The fourth-order valence-electron chi connectivity index (χ4n) is 1.94. The van der Waals surface area contributed by atoms with E-state index in [4.69, 9.17) is 0 Å². The average molecular weight is 274 g/mol. The van der Waals surface area contributed by atoms with Gasteiger partial charge in [-0.3, -0.25) is 10.7 Å². The Morgan fingerprint density at radius 1 is 1.32 bits per heavy atom. The van der Waals surface area contributed by atoms with Gasteiger partial charge in [0, 0.05) is 13.1 Å². The number of benzene rings is 1. The van der Waals surface area contributed by atoms with Crippen molar-refractivity contribution >= 4 is 32.7 Å². The lowest BCUT2D eigenvalue weighted by Crippen LogP contribution is -2.45. The topological polar surface area (TPSA) is 57.3 Å². The van der Waals surface area contributed by atoms with Crippen LogP contribution >= 0.6 is 11.3 Å². The van der Waals surface area contributed by atoms with Crippen LogP contribution in [0, 0.1) is 0 Å². The number of amides is 2. The lowest BCUT2D eigenvalue weighted by molar-refractivity contribution is 0.196. The van der Waals surface area contributed by atoms with Gasteiger partial charge in [0.1, 0.15) is 0 Å². The van der Waals surface area contributed by atoms with Gasteiger partial charge in [0.2, 0.25) is 0 Å². The third-order valence-corrected chi connectivity index (χ3v) is 3.78. The molecule has 3 rings (SSSR count). The lowest BCUT2D eigenvalue weighted by Gasteiger charge is -2.23. The minimum Gasteiger partial charge on any atom is -0.282 e. The number of aromatic nitrogens is 1. The number of para-hydroxylation sites is 1. The van der Waals surface area contributed by atoms with Crippen LogP contribution in [-0.2, 0) is 0 Å². The highest BCUT2D eigenvalue weighted by atomic mass is 32.1. The van der Waals surface area contributed by atoms with Crippen LogP contribution in [0.5, 0.6) is 0 Å². The van der Waals surface area contributed by atoms with E-state index in [1.807, 2.05) is 35.4 Å². The third kappa shape index (κ3) is 2.91.